The molecule has 3 N–H and O–H groups in total. The van der Waals surface area contributed by atoms with Crippen molar-refractivity contribution in [2.45, 2.75) is 75.6 Å². The summed E-state index contributed by atoms with van der Waals surface area (Å²) in [6.07, 6.45) is 14.8. The van der Waals surface area contributed by atoms with Gasteiger partial charge in [0.1, 0.15) is 6.54 Å². The molecule has 11 nitrogen and oxygen atoms in total. The summed E-state index contributed by atoms with van der Waals surface area (Å²) in [5, 5.41) is 8.97. The highest BCUT2D eigenvalue weighted by atomic mass is 32.2. The Labute approximate surface area is 308 Å². The number of allylic oxidation sites excluding steroid dienone is 8. The van der Waals surface area contributed by atoms with Crippen LogP contribution in [0.25, 0.3) is 0 Å². The van der Waals surface area contributed by atoms with Crippen LogP contribution in [0.3, 0.4) is 0 Å². The van der Waals surface area contributed by atoms with Crippen molar-refractivity contribution in [1.82, 2.24) is 4.90 Å². The first-order chi connectivity index (χ1) is 24.3. The number of carbonyl (C=O) groups is 1. The molecule has 52 heavy (non-hydrogen) atoms. The molecule has 280 valence electrons. The van der Waals surface area contributed by atoms with Gasteiger partial charge in [0.15, 0.2) is 5.71 Å². The number of hydrogen-bond acceptors (Lipinski definition) is 7. The highest BCUT2D eigenvalue weighted by Gasteiger charge is 2.44. The summed E-state index contributed by atoms with van der Waals surface area (Å²) in [6.45, 7) is 16.4. The van der Waals surface area contributed by atoms with E-state index in [-0.39, 0.29) is 23.5 Å². The summed E-state index contributed by atoms with van der Waals surface area (Å²) in [5.41, 5.74) is 5.73. The van der Waals surface area contributed by atoms with E-state index < -0.39 is 37.0 Å². The minimum absolute atomic E-state index is 0.121. The molecule has 2 aliphatic rings. The van der Waals surface area contributed by atoms with Gasteiger partial charge < -0.3 is 14.9 Å². The third-order valence-corrected chi connectivity index (χ3v) is 11.2. The number of hydrogen-bond donors (Lipinski definition) is 3. The van der Waals surface area contributed by atoms with Crippen molar-refractivity contribution in [3.05, 3.63) is 108 Å². The van der Waals surface area contributed by atoms with Crippen LogP contribution in [0.4, 0.5) is 11.4 Å². The van der Waals surface area contributed by atoms with Gasteiger partial charge in [-0.3, -0.25) is 13.9 Å². The average molecular weight is 753 g/mol. The molecular formula is C39H50N3O8S2+. The Balaban J connectivity index is 1.55. The lowest BCUT2D eigenvalue weighted by molar-refractivity contribution is -0.436. The molecule has 2 heterocycles. The van der Waals surface area contributed by atoms with Crippen molar-refractivity contribution in [2.24, 2.45) is 0 Å². The van der Waals surface area contributed by atoms with E-state index in [0.29, 0.717) is 39.0 Å². The van der Waals surface area contributed by atoms with Crippen molar-refractivity contribution in [1.29, 1.82) is 0 Å². The zero-order chi connectivity index (χ0) is 38.5. The Bertz CT molecular complexity index is 2040. The van der Waals surface area contributed by atoms with Crippen molar-refractivity contribution >= 4 is 43.3 Å². The Kier molecular flexibility index (Phi) is 12.9. The number of fused-ring (bicyclic) bond motifs is 2. The number of carboxylic acids is 1. The van der Waals surface area contributed by atoms with E-state index in [1.807, 2.05) is 75.6 Å². The first-order valence-electron chi connectivity index (χ1n) is 17.2. The quantitative estimate of drug-likeness (QED) is 0.0948. The summed E-state index contributed by atoms with van der Waals surface area (Å²) in [4.78, 5) is 15.0. The van der Waals surface area contributed by atoms with Crippen molar-refractivity contribution in [2.75, 3.05) is 37.3 Å². The standard InChI is InChI=1S/C39H49N3O8S2/c1-7-22-41-34-21-19-30(52(48,49)50)27-32(34)39(4,5)35(41)15-11-9-8-10-12-16-36-38(2,3)31-26-29(28-40(6)23-13-17-37(43)44)18-20-33(31)42(36)24-14-25-51(45,46)47/h1,8-12,15-16,18-21,26-27H,7,13-14,17,22-25,28H2,2-6H3,(H2-,43,44,45,46,47,48,49,50)/p+1. The van der Waals surface area contributed by atoms with E-state index in [1.165, 1.54) is 12.1 Å². The van der Waals surface area contributed by atoms with Crippen LogP contribution in [0.2, 0.25) is 0 Å². The molecule has 0 spiro atoms. The first kappa shape index (κ1) is 40.9. The summed E-state index contributed by atoms with van der Waals surface area (Å²) >= 11 is 0. The van der Waals surface area contributed by atoms with Gasteiger partial charge in [-0.2, -0.15) is 21.4 Å². The minimum atomic E-state index is -4.35. The molecule has 0 saturated heterocycles. The largest absolute Gasteiger partial charge is 0.481 e. The molecule has 13 heteroatoms. The van der Waals surface area contributed by atoms with Gasteiger partial charge in [-0.25, -0.2) is 0 Å². The van der Waals surface area contributed by atoms with Crippen LogP contribution in [0, 0.1) is 6.92 Å². The lowest BCUT2D eigenvalue weighted by Gasteiger charge is -2.27. The lowest BCUT2D eigenvalue weighted by atomic mass is 9.81. The number of rotatable bonds is 17. The Morgan fingerprint density at radius 2 is 1.62 bits per heavy atom. The van der Waals surface area contributed by atoms with Gasteiger partial charge in [-0.15, -0.1) is 0 Å². The van der Waals surface area contributed by atoms with E-state index >= 15 is 0 Å². The maximum absolute atomic E-state index is 11.8. The third kappa shape index (κ3) is 9.75. The van der Waals surface area contributed by atoms with Crippen LogP contribution in [0.15, 0.2) is 89.5 Å². The van der Waals surface area contributed by atoms with E-state index in [2.05, 4.69) is 34.3 Å². The van der Waals surface area contributed by atoms with Gasteiger partial charge in [-0.1, -0.05) is 56.4 Å². The van der Waals surface area contributed by atoms with Gasteiger partial charge in [0, 0.05) is 60.4 Å². The molecule has 0 fully saturated rings. The smallest absolute Gasteiger partial charge is 0.303 e. The first-order valence-corrected chi connectivity index (χ1v) is 20.3. The van der Waals surface area contributed by atoms with Gasteiger partial charge in [0.2, 0.25) is 5.69 Å². The average Bonchev–Trinajstić information content (AvgIpc) is 3.37. The second-order valence-electron chi connectivity index (χ2n) is 14.3. The SMILES string of the molecule is [CH]CC[N+]1=C(/C=C/C=C/C=C/C=C2/N(CCCS(=O)(=O)O)c3ccc(CN(C)CCCC(=O)O)cc3C2(C)C)C(C)(C)c2cc(S(=O)(=O)O)ccc21. The van der Waals surface area contributed by atoms with Gasteiger partial charge in [-0.05, 0) is 82.6 Å². The molecule has 0 unspecified atom stereocenters. The molecule has 0 atom stereocenters. The van der Waals surface area contributed by atoms with E-state index in [1.54, 1.807) is 6.07 Å². The van der Waals surface area contributed by atoms with Gasteiger partial charge in [0.05, 0.1) is 16.1 Å². The number of benzene rings is 2. The lowest BCUT2D eigenvalue weighted by Crippen LogP contribution is -2.28. The monoisotopic (exact) mass is 752 g/mol. The maximum Gasteiger partial charge on any atom is 0.303 e. The highest BCUT2D eigenvalue weighted by Crippen LogP contribution is 2.48. The molecule has 0 aliphatic carbocycles. The van der Waals surface area contributed by atoms with E-state index in [0.717, 1.165) is 39.5 Å². The summed E-state index contributed by atoms with van der Waals surface area (Å²) in [7, 11) is -6.50. The fraction of sp³-hybridized carbons (Fsp3) is 0.410. The van der Waals surface area contributed by atoms with Gasteiger partial charge >= 0.3 is 5.97 Å². The van der Waals surface area contributed by atoms with Crippen molar-refractivity contribution < 1.29 is 40.4 Å². The molecule has 0 bridgehead atoms. The summed E-state index contributed by atoms with van der Waals surface area (Å²) < 4.78 is 67.7. The number of aliphatic carboxylic acids is 1. The van der Waals surface area contributed by atoms with Crippen molar-refractivity contribution in [3.63, 3.8) is 0 Å². The second-order valence-corrected chi connectivity index (χ2v) is 17.3. The summed E-state index contributed by atoms with van der Waals surface area (Å²) in [6, 6.07) is 10.8. The molecule has 4 rings (SSSR count). The minimum Gasteiger partial charge on any atom is -0.481 e. The van der Waals surface area contributed by atoms with Crippen LogP contribution in [0.1, 0.15) is 70.1 Å². The zero-order valence-electron chi connectivity index (χ0n) is 30.5. The second kappa shape index (κ2) is 16.4. The molecule has 2 aliphatic heterocycles. The van der Waals surface area contributed by atoms with Crippen molar-refractivity contribution in [3.8, 4) is 0 Å². The van der Waals surface area contributed by atoms with Crippen LogP contribution in [-0.4, -0.2) is 84.6 Å². The van der Waals surface area contributed by atoms with Crippen LogP contribution >= 0.6 is 0 Å². The topological polar surface area (TPSA) is 156 Å². The highest BCUT2D eigenvalue weighted by molar-refractivity contribution is 7.86. The molecule has 0 amide bonds. The normalized spacial score (nSPS) is 17.8. The van der Waals surface area contributed by atoms with E-state index in [4.69, 9.17) is 12.0 Å². The molecule has 0 saturated carbocycles. The number of carboxylic acid groups (broad SMARTS) is 1. The third-order valence-electron chi connectivity index (χ3n) is 9.59. The number of anilines is 1. The molecule has 2 radical (unpaired) electrons. The molecule has 0 aromatic heterocycles. The number of nitrogens with zero attached hydrogens (tertiary/aromatic N) is 3. The molecule has 2 aromatic carbocycles. The fourth-order valence-corrected chi connectivity index (χ4v) is 8.03. The Morgan fingerprint density at radius 1 is 0.923 bits per heavy atom. The van der Waals surface area contributed by atoms with Crippen LogP contribution < -0.4 is 4.90 Å². The van der Waals surface area contributed by atoms with E-state index in [9.17, 15) is 30.7 Å². The van der Waals surface area contributed by atoms with Crippen LogP contribution in [-0.2, 0) is 42.4 Å². The molecule has 2 aromatic rings. The fourth-order valence-electron chi connectivity index (χ4n) is 7.03. The maximum atomic E-state index is 11.8. The predicted molar refractivity (Wildman–Crippen MR) is 205 cm³/mol. The Morgan fingerprint density at radius 3 is 2.27 bits per heavy atom. The van der Waals surface area contributed by atoms with Gasteiger partial charge in [0.25, 0.3) is 20.2 Å². The Hall–Kier alpha value is -3.88. The zero-order valence-corrected chi connectivity index (χ0v) is 32.1. The predicted octanol–water partition coefficient (Wildman–Crippen LogP) is 6.34. The molecular weight excluding hydrogens is 703 g/mol. The summed E-state index contributed by atoms with van der Waals surface area (Å²) in [5.74, 6) is -1.15. The van der Waals surface area contributed by atoms with Crippen LogP contribution in [0.5, 0.6) is 0 Å².